The molecule has 1 saturated carbocycles. The Hall–Kier alpha value is -2.06. The molecule has 3 rings (SSSR count). The summed E-state index contributed by atoms with van der Waals surface area (Å²) in [5.74, 6) is 1.13. The molecule has 0 spiro atoms. The van der Waals surface area contributed by atoms with E-state index in [0.29, 0.717) is 52.2 Å². The summed E-state index contributed by atoms with van der Waals surface area (Å²) in [5.41, 5.74) is 0.435. The van der Waals surface area contributed by atoms with E-state index in [1.165, 1.54) is 31.0 Å². The number of nitrogens with zero attached hydrogens (tertiary/aromatic N) is 3. The van der Waals surface area contributed by atoms with E-state index in [1.807, 2.05) is 11.5 Å². The first-order valence-corrected chi connectivity index (χ1v) is 13.2. The van der Waals surface area contributed by atoms with E-state index in [9.17, 15) is 9.59 Å². The minimum Gasteiger partial charge on any atom is -0.353 e. The van der Waals surface area contributed by atoms with E-state index < -0.39 is 0 Å². The lowest BCUT2D eigenvalue weighted by atomic mass is 9.95. The fraction of sp³-hybridized carbons (Fsp3) is 0.583. The number of thioether (sulfide) groups is 1. The molecule has 0 unspecified atom stereocenters. The van der Waals surface area contributed by atoms with Crippen LogP contribution < -0.4 is 10.6 Å². The third-order valence-corrected chi connectivity index (χ3v) is 7.10. The summed E-state index contributed by atoms with van der Waals surface area (Å²) in [7, 11) is 0. The number of aromatic nitrogens is 3. The predicted octanol–water partition coefficient (Wildman–Crippen LogP) is 5.01. The zero-order valence-corrected chi connectivity index (χ0v) is 21.2. The molecule has 0 saturated heterocycles. The molecule has 1 aliphatic rings. The number of hydrogen-bond acceptors (Lipinski definition) is 5. The summed E-state index contributed by atoms with van der Waals surface area (Å²) < 4.78 is 1.98. The van der Waals surface area contributed by atoms with Crippen molar-refractivity contribution in [2.24, 2.45) is 5.92 Å². The first-order valence-electron chi connectivity index (χ1n) is 11.8. The van der Waals surface area contributed by atoms with E-state index in [4.69, 9.17) is 11.6 Å². The first-order chi connectivity index (χ1) is 15.9. The second kappa shape index (κ2) is 12.4. The molecule has 180 valence electrons. The smallest absolute Gasteiger partial charge is 0.253 e. The standard InChI is InChI=1S/C24H34ClN5O2S/c1-4-30-22(20(14-16(2)3)27-23(32)18-12-8-9-13-19(18)25)28-29-24(30)33-15-21(31)26-17-10-6-5-7-11-17/h8-9,12-13,16-17,20H,4-7,10-11,14-15H2,1-3H3,(H,26,31)(H,27,32)/t20-/m0/s1. The molecular weight excluding hydrogens is 458 g/mol. The maximum Gasteiger partial charge on any atom is 0.253 e. The zero-order valence-electron chi connectivity index (χ0n) is 19.6. The molecule has 2 amide bonds. The lowest BCUT2D eigenvalue weighted by Crippen LogP contribution is -2.37. The molecule has 1 atom stereocenters. The molecule has 0 bridgehead atoms. The van der Waals surface area contributed by atoms with Crippen LogP contribution in [0.25, 0.3) is 0 Å². The Kier molecular flexibility index (Phi) is 9.62. The van der Waals surface area contributed by atoms with E-state index in [1.54, 1.807) is 24.3 Å². The highest BCUT2D eigenvalue weighted by Gasteiger charge is 2.25. The molecule has 2 N–H and O–H groups in total. The molecular formula is C24H34ClN5O2S. The molecule has 0 aliphatic heterocycles. The van der Waals surface area contributed by atoms with Crippen LogP contribution in [0.2, 0.25) is 5.02 Å². The number of carbonyl (C=O) groups is 2. The van der Waals surface area contributed by atoms with Crippen LogP contribution in [0.3, 0.4) is 0 Å². The predicted molar refractivity (Wildman–Crippen MR) is 133 cm³/mol. The summed E-state index contributed by atoms with van der Waals surface area (Å²) in [6.07, 6.45) is 6.46. The van der Waals surface area contributed by atoms with Crippen LogP contribution in [-0.2, 0) is 11.3 Å². The van der Waals surface area contributed by atoms with Gasteiger partial charge >= 0.3 is 0 Å². The van der Waals surface area contributed by atoms with Gasteiger partial charge in [0.2, 0.25) is 5.91 Å². The van der Waals surface area contributed by atoms with E-state index in [2.05, 4.69) is 34.7 Å². The molecule has 9 heteroatoms. The van der Waals surface area contributed by atoms with Crippen LogP contribution >= 0.6 is 23.4 Å². The maximum atomic E-state index is 12.9. The minimum absolute atomic E-state index is 0.0323. The molecule has 33 heavy (non-hydrogen) atoms. The lowest BCUT2D eigenvalue weighted by molar-refractivity contribution is -0.119. The van der Waals surface area contributed by atoms with E-state index >= 15 is 0 Å². The largest absolute Gasteiger partial charge is 0.353 e. The number of benzene rings is 1. The molecule has 1 heterocycles. The second-order valence-corrected chi connectivity index (χ2v) is 10.3. The highest BCUT2D eigenvalue weighted by atomic mass is 35.5. The molecule has 0 radical (unpaired) electrons. The van der Waals surface area contributed by atoms with Crippen LogP contribution in [0.1, 0.15) is 81.5 Å². The summed E-state index contributed by atoms with van der Waals surface area (Å²) in [4.78, 5) is 25.4. The number of carbonyl (C=O) groups excluding carboxylic acids is 2. The van der Waals surface area contributed by atoms with Gasteiger partial charge in [0, 0.05) is 12.6 Å². The van der Waals surface area contributed by atoms with Crippen molar-refractivity contribution in [2.75, 3.05) is 5.75 Å². The van der Waals surface area contributed by atoms with Crippen molar-refractivity contribution in [1.29, 1.82) is 0 Å². The number of hydrogen-bond donors (Lipinski definition) is 2. The molecule has 1 aromatic heterocycles. The molecule has 1 aromatic carbocycles. The van der Waals surface area contributed by atoms with Crippen molar-refractivity contribution in [3.05, 3.63) is 40.7 Å². The summed E-state index contributed by atoms with van der Waals surface area (Å²) in [6.45, 7) is 6.87. The Morgan fingerprint density at radius 3 is 2.58 bits per heavy atom. The van der Waals surface area contributed by atoms with Crippen LogP contribution in [0, 0.1) is 5.92 Å². The van der Waals surface area contributed by atoms with Gasteiger partial charge in [-0.2, -0.15) is 0 Å². The minimum atomic E-state index is -0.313. The Morgan fingerprint density at radius 1 is 1.18 bits per heavy atom. The molecule has 1 fully saturated rings. The number of nitrogens with one attached hydrogen (secondary N) is 2. The SMILES string of the molecule is CCn1c(SCC(=O)NC2CCCCC2)nnc1[C@H](CC(C)C)NC(=O)c1ccccc1Cl. The zero-order chi connectivity index (χ0) is 23.8. The monoisotopic (exact) mass is 491 g/mol. The highest BCUT2D eigenvalue weighted by molar-refractivity contribution is 7.99. The fourth-order valence-corrected chi connectivity index (χ4v) is 5.23. The summed E-state index contributed by atoms with van der Waals surface area (Å²) >= 11 is 7.61. The Balaban J connectivity index is 1.70. The first kappa shape index (κ1) is 25.6. The van der Waals surface area contributed by atoms with Crippen LogP contribution in [0.4, 0.5) is 0 Å². The van der Waals surface area contributed by atoms with Gasteiger partial charge in [0.1, 0.15) is 0 Å². The van der Waals surface area contributed by atoms with Crippen molar-refractivity contribution in [3.63, 3.8) is 0 Å². The lowest BCUT2D eigenvalue weighted by Gasteiger charge is -2.22. The van der Waals surface area contributed by atoms with Gasteiger partial charge in [0.15, 0.2) is 11.0 Å². The number of rotatable bonds is 10. The third kappa shape index (κ3) is 7.21. The van der Waals surface area contributed by atoms with Crippen molar-refractivity contribution in [2.45, 2.75) is 83.1 Å². The topological polar surface area (TPSA) is 88.9 Å². The molecule has 2 aromatic rings. The number of halogens is 1. The third-order valence-electron chi connectivity index (χ3n) is 5.81. The average molecular weight is 492 g/mol. The quantitative estimate of drug-likeness (QED) is 0.456. The van der Waals surface area contributed by atoms with Crippen molar-refractivity contribution in [3.8, 4) is 0 Å². The van der Waals surface area contributed by atoms with Gasteiger partial charge in [0.25, 0.3) is 5.91 Å². The molecule has 1 aliphatic carbocycles. The highest BCUT2D eigenvalue weighted by Crippen LogP contribution is 2.26. The van der Waals surface area contributed by atoms with Crippen LogP contribution in [0.5, 0.6) is 0 Å². The summed E-state index contributed by atoms with van der Waals surface area (Å²) in [6, 6.07) is 6.98. The fourth-order valence-electron chi connectivity index (χ4n) is 4.19. The van der Waals surface area contributed by atoms with Crippen molar-refractivity contribution < 1.29 is 9.59 Å². The van der Waals surface area contributed by atoms with Crippen molar-refractivity contribution in [1.82, 2.24) is 25.4 Å². The number of amides is 2. The van der Waals surface area contributed by atoms with Gasteiger partial charge < -0.3 is 15.2 Å². The second-order valence-electron chi connectivity index (χ2n) is 8.91. The Bertz CT molecular complexity index is 943. The summed E-state index contributed by atoms with van der Waals surface area (Å²) in [5, 5.41) is 16.1. The Labute approximate surface area is 205 Å². The van der Waals surface area contributed by atoms with Gasteiger partial charge in [-0.3, -0.25) is 9.59 Å². The molecule has 7 nitrogen and oxygen atoms in total. The van der Waals surface area contributed by atoms with Gasteiger partial charge in [-0.1, -0.05) is 68.6 Å². The maximum absolute atomic E-state index is 12.9. The van der Waals surface area contributed by atoms with Crippen molar-refractivity contribution >= 4 is 35.2 Å². The normalized spacial score (nSPS) is 15.4. The average Bonchev–Trinajstić information content (AvgIpc) is 3.21. The van der Waals surface area contributed by atoms with Crippen LogP contribution in [-0.4, -0.2) is 38.4 Å². The Morgan fingerprint density at radius 2 is 1.91 bits per heavy atom. The van der Waals surface area contributed by atoms with Gasteiger partial charge in [0.05, 0.1) is 22.4 Å². The van der Waals surface area contributed by atoms with E-state index in [-0.39, 0.29) is 17.9 Å². The van der Waals surface area contributed by atoms with Gasteiger partial charge in [-0.05, 0) is 44.2 Å². The van der Waals surface area contributed by atoms with Crippen LogP contribution in [0.15, 0.2) is 29.4 Å². The van der Waals surface area contributed by atoms with E-state index in [0.717, 1.165) is 12.8 Å². The van der Waals surface area contributed by atoms with Gasteiger partial charge in [-0.15, -0.1) is 10.2 Å². The van der Waals surface area contributed by atoms with Gasteiger partial charge in [-0.25, -0.2) is 0 Å².